The monoisotopic (exact) mass is 200 g/mol. The van der Waals surface area contributed by atoms with Crippen LogP contribution < -0.4 is 5.32 Å². The van der Waals surface area contributed by atoms with Gasteiger partial charge in [-0.05, 0) is 38.4 Å². The van der Waals surface area contributed by atoms with Crippen LogP contribution in [0.1, 0.15) is 26.7 Å². The van der Waals surface area contributed by atoms with Gasteiger partial charge in [0.25, 0.3) is 0 Å². The lowest BCUT2D eigenvalue weighted by atomic mass is 10.2. The maximum Gasteiger partial charge on any atom is 0.0585 e. The first-order chi connectivity index (χ1) is 6.76. The molecule has 3 nitrogen and oxygen atoms in total. The second kappa shape index (κ2) is 6.38. The van der Waals surface area contributed by atoms with Gasteiger partial charge in [-0.2, -0.15) is 0 Å². The SMILES string of the molecule is CCNC(CO)CCN1CCC(C)C1. The van der Waals surface area contributed by atoms with Gasteiger partial charge < -0.3 is 15.3 Å². The Kier molecular flexibility index (Phi) is 5.45. The van der Waals surface area contributed by atoms with Crippen molar-refractivity contribution in [1.82, 2.24) is 10.2 Å². The molecule has 0 saturated carbocycles. The number of likely N-dealkylation sites (N-methyl/N-ethyl adjacent to an activating group) is 1. The molecule has 14 heavy (non-hydrogen) atoms. The summed E-state index contributed by atoms with van der Waals surface area (Å²) in [5.41, 5.74) is 0. The minimum atomic E-state index is 0.261. The minimum absolute atomic E-state index is 0.261. The number of nitrogens with one attached hydrogen (secondary N) is 1. The van der Waals surface area contributed by atoms with E-state index in [2.05, 4.69) is 24.1 Å². The number of hydrogen-bond donors (Lipinski definition) is 2. The molecule has 0 spiro atoms. The lowest BCUT2D eigenvalue weighted by Crippen LogP contribution is -2.36. The van der Waals surface area contributed by atoms with Gasteiger partial charge in [-0.1, -0.05) is 13.8 Å². The Hall–Kier alpha value is -0.120. The quantitative estimate of drug-likeness (QED) is 0.662. The maximum atomic E-state index is 9.10. The molecule has 0 radical (unpaired) electrons. The van der Waals surface area contributed by atoms with E-state index in [1.165, 1.54) is 19.5 Å². The van der Waals surface area contributed by atoms with E-state index in [-0.39, 0.29) is 12.6 Å². The van der Waals surface area contributed by atoms with Gasteiger partial charge in [0.05, 0.1) is 6.61 Å². The Morgan fingerprint density at radius 3 is 2.86 bits per heavy atom. The fourth-order valence-electron chi connectivity index (χ4n) is 2.11. The highest BCUT2D eigenvalue weighted by atomic mass is 16.3. The number of rotatable bonds is 6. The lowest BCUT2D eigenvalue weighted by molar-refractivity contribution is 0.217. The normalized spacial score (nSPS) is 25.5. The highest BCUT2D eigenvalue weighted by molar-refractivity contribution is 4.74. The Balaban J connectivity index is 2.12. The van der Waals surface area contributed by atoms with Gasteiger partial charge >= 0.3 is 0 Å². The first-order valence-electron chi connectivity index (χ1n) is 5.82. The molecule has 0 amide bonds. The summed E-state index contributed by atoms with van der Waals surface area (Å²) in [5.74, 6) is 0.863. The molecule has 1 heterocycles. The summed E-state index contributed by atoms with van der Waals surface area (Å²) >= 11 is 0. The second-order valence-electron chi connectivity index (χ2n) is 4.42. The van der Waals surface area contributed by atoms with Gasteiger partial charge in [0.2, 0.25) is 0 Å². The fourth-order valence-corrected chi connectivity index (χ4v) is 2.11. The van der Waals surface area contributed by atoms with Crippen LogP contribution in [0.3, 0.4) is 0 Å². The average Bonchev–Trinajstić information content (AvgIpc) is 2.59. The molecule has 0 aliphatic carbocycles. The second-order valence-corrected chi connectivity index (χ2v) is 4.42. The van der Waals surface area contributed by atoms with Crippen LogP contribution in [0, 0.1) is 5.92 Å². The van der Waals surface area contributed by atoms with Gasteiger partial charge in [-0.25, -0.2) is 0 Å². The van der Waals surface area contributed by atoms with Gasteiger partial charge in [0.1, 0.15) is 0 Å². The Morgan fingerprint density at radius 1 is 1.57 bits per heavy atom. The third-order valence-electron chi connectivity index (χ3n) is 3.01. The summed E-state index contributed by atoms with van der Waals surface area (Å²) < 4.78 is 0. The highest BCUT2D eigenvalue weighted by Crippen LogP contribution is 2.15. The lowest BCUT2D eigenvalue weighted by Gasteiger charge is -2.20. The first-order valence-corrected chi connectivity index (χ1v) is 5.82. The fraction of sp³-hybridized carbons (Fsp3) is 1.00. The molecule has 2 atom stereocenters. The summed E-state index contributed by atoms with van der Waals surface area (Å²) in [6, 6.07) is 0.288. The van der Waals surface area contributed by atoms with Crippen LogP contribution in [0.25, 0.3) is 0 Å². The molecule has 0 bridgehead atoms. The molecule has 3 heteroatoms. The van der Waals surface area contributed by atoms with E-state index in [9.17, 15) is 0 Å². The maximum absolute atomic E-state index is 9.10. The van der Waals surface area contributed by atoms with Gasteiger partial charge in [0.15, 0.2) is 0 Å². The van der Waals surface area contributed by atoms with Crippen molar-refractivity contribution in [2.75, 3.05) is 32.8 Å². The third kappa shape index (κ3) is 3.95. The van der Waals surface area contributed by atoms with Crippen molar-refractivity contribution in [3.8, 4) is 0 Å². The predicted molar refractivity (Wildman–Crippen MR) is 59.4 cm³/mol. The summed E-state index contributed by atoms with van der Waals surface area (Å²) in [7, 11) is 0. The van der Waals surface area contributed by atoms with E-state index < -0.39 is 0 Å². The van der Waals surface area contributed by atoms with E-state index in [1.54, 1.807) is 0 Å². The Bertz CT molecular complexity index is 148. The summed E-state index contributed by atoms with van der Waals surface area (Å²) in [5, 5.41) is 12.4. The van der Waals surface area contributed by atoms with Crippen LogP contribution in [0.2, 0.25) is 0 Å². The molecule has 84 valence electrons. The van der Waals surface area contributed by atoms with Crippen LogP contribution in [0.5, 0.6) is 0 Å². The number of nitrogens with zero attached hydrogens (tertiary/aromatic N) is 1. The predicted octanol–water partition coefficient (Wildman–Crippen LogP) is 0.689. The largest absolute Gasteiger partial charge is 0.395 e. The van der Waals surface area contributed by atoms with Crippen molar-refractivity contribution in [3.05, 3.63) is 0 Å². The smallest absolute Gasteiger partial charge is 0.0585 e. The summed E-state index contributed by atoms with van der Waals surface area (Å²) in [6.45, 7) is 9.21. The molecule has 0 aromatic carbocycles. The first kappa shape index (κ1) is 12.0. The van der Waals surface area contributed by atoms with Crippen LogP contribution in [-0.2, 0) is 0 Å². The van der Waals surface area contributed by atoms with Crippen molar-refractivity contribution >= 4 is 0 Å². The minimum Gasteiger partial charge on any atom is -0.395 e. The molecule has 1 saturated heterocycles. The van der Waals surface area contributed by atoms with Crippen LogP contribution in [0.15, 0.2) is 0 Å². The van der Waals surface area contributed by atoms with Crippen molar-refractivity contribution in [2.45, 2.75) is 32.7 Å². The molecular formula is C11H24N2O. The number of likely N-dealkylation sites (tertiary alicyclic amines) is 1. The Morgan fingerprint density at radius 2 is 2.36 bits per heavy atom. The van der Waals surface area contributed by atoms with Crippen molar-refractivity contribution in [1.29, 1.82) is 0 Å². The Labute approximate surface area is 87.5 Å². The van der Waals surface area contributed by atoms with Crippen LogP contribution in [-0.4, -0.2) is 48.8 Å². The van der Waals surface area contributed by atoms with E-state index in [1.807, 2.05) is 0 Å². The van der Waals surface area contributed by atoms with Gasteiger partial charge in [-0.15, -0.1) is 0 Å². The van der Waals surface area contributed by atoms with Crippen molar-refractivity contribution < 1.29 is 5.11 Å². The van der Waals surface area contributed by atoms with Gasteiger partial charge in [-0.3, -0.25) is 0 Å². The third-order valence-corrected chi connectivity index (χ3v) is 3.01. The van der Waals surface area contributed by atoms with Gasteiger partial charge in [0, 0.05) is 12.6 Å². The summed E-state index contributed by atoms with van der Waals surface area (Å²) in [4.78, 5) is 2.50. The zero-order valence-electron chi connectivity index (χ0n) is 9.50. The molecule has 1 rings (SSSR count). The van der Waals surface area contributed by atoms with E-state index in [0.29, 0.717) is 0 Å². The van der Waals surface area contributed by atoms with Crippen molar-refractivity contribution in [2.24, 2.45) is 5.92 Å². The number of hydrogen-bond acceptors (Lipinski definition) is 3. The standard InChI is InChI=1S/C11H24N2O/c1-3-12-11(9-14)5-7-13-6-4-10(2)8-13/h10-12,14H,3-9H2,1-2H3. The molecule has 1 aliphatic rings. The number of aliphatic hydroxyl groups is 1. The van der Waals surface area contributed by atoms with Crippen molar-refractivity contribution in [3.63, 3.8) is 0 Å². The van der Waals surface area contributed by atoms with E-state index >= 15 is 0 Å². The average molecular weight is 200 g/mol. The molecule has 1 fully saturated rings. The highest BCUT2D eigenvalue weighted by Gasteiger charge is 2.18. The molecule has 1 aliphatic heterocycles. The van der Waals surface area contributed by atoms with E-state index in [4.69, 9.17) is 5.11 Å². The topological polar surface area (TPSA) is 35.5 Å². The molecule has 2 unspecified atom stereocenters. The van der Waals surface area contributed by atoms with E-state index in [0.717, 1.165) is 25.4 Å². The molecular weight excluding hydrogens is 176 g/mol. The molecule has 0 aromatic heterocycles. The van der Waals surface area contributed by atoms with Crippen LogP contribution in [0.4, 0.5) is 0 Å². The number of aliphatic hydroxyl groups excluding tert-OH is 1. The summed E-state index contributed by atoms with van der Waals surface area (Å²) in [6.07, 6.45) is 2.40. The zero-order valence-corrected chi connectivity index (χ0v) is 9.50. The molecule has 2 N–H and O–H groups in total. The van der Waals surface area contributed by atoms with Crippen LogP contribution >= 0.6 is 0 Å². The zero-order chi connectivity index (χ0) is 10.4. The molecule has 0 aromatic rings.